The minimum absolute atomic E-state index is 0.306. The number of rotatable bonds is 10. The van der Waals surface area contributed by atoms with Gasteiger partial charge in [-0.2, -0.15) is 5.10 Å². The molecule has 1 aromatic heterocycles. The Morgan fingerprint density at radius 1 is 0.952 bits per heavy atom. The molecule has 1 saturated carbocycles. The van der Waals surface area contributed by atoms with E-state index >= 15 is 0 Å². The summed E-state index contributed by atoms with van der Waals surface area (Å²) < 4.78 is 13.9. The number of halogens is 1. The lowest BCUT2D eigenvalue weighted by molar-refractivity contribution is -0.132. The molecule has 5 rings (SSSR count). The average molecular weight is 585 g/mol. The Labute approximate surface area is 252 Å². The van der Waals surface area contributed by atoms with Crippen LogP contribution in [0.25, 0.3) is 28.0 Å². The van der Waals surface area contributed by atoms with E-state index in [9.17, 15) is 9.90 Å². The number of nitrogens with zero attached hydrogens (tertiary/aromatic N) is 2. The molecule has 0 bridgehead atoms. The van der Waals surface area contributed by atoms with Gasteiger partial charge in [0, 0.05) is 21.7 Å². The summed E-state index contributed by atoms with van der Waals surface area (Å²) >= 11 is 6.11. The lowest BCUT2D eigenvalue weighted by Gasteiger charge is -2.24. The fourth-order valence-corrected chi connectivity index (χ4v) is 5.87. The van der Waals surface area contributed by atoms with Gasteiger partial charge in [0.05, 0.1) is 24.5 Å². The summed E-state index contributed by atoms with van der Waals surface area (Å²) in [7, 11) is 1.66. The second-order valence-corrected chi connectivity index (χ2v) is 11.2. The highest BCUT2D eigenvalue weighted by Crippen LogP contribution is 2.36. The second kappa shape index (κ2) is 13.3. The molecule has 6 nitrogen and oxygen atoms in total. The van der Waals surface area contributed by atoms with Crippen LogP contribution < -0.4 is 9.47 Å². The van der Waals surface area contributed by atoms with Gasteiger partial charge in [-0.15, -0.1) is 0 Å². The monoisotopic (exact) mass is 584 g/mol. The first-order chi connectivity index (χ1) is 20.4. The Morgan fingerprint density at radius 3 is 2.26 bits per heavy atom. The number of aliphatic carboxylic acids is 1. The van der Waals surface area contributed by atoms with E-state index in [1.165, 1.54) is 19.3 Å². The van der Waals surface area contributed by atoms with Gasteiger partial charge in [-0.1, -0.05) is 56.0 Å². The van der Waals surface area contributed by atoms with Gasteiger partial charge in [0.2, 0.25) is 0 Å². The number of methoxy groups -OCH3 is 1. The molecule has 1 fully saturated rings. The number of carboxylic acid groups (broad SMARTS) is 1. The van der Waals surface area contributed by atoms with Crippen LogP contribution in [-0.2, 0) is 11.4 Å². The third-order valence-corrected chi connectivity index (χ3v) is 8.36. The Bertz CT molecular complexity index is 1570. The number of hydrogen-bond donors (Lipinski definition) is 1. The standard InChI is InChI=1S/C35H37ClN2O4/c1-4-31(23(2)35(39)40)33-21-34(38(37-33)28-8-6-5-7-9-28)25-12-16-29(17-13-25)42-22-26-20-30(41-3)18-19-32(26)24-10-14-27(36)15-11-24/h10-21,28H,4-9,22H2,1-3H3,(H,39,40). The zero-order valence-corrected chi connectivity index (χ0v) is 25.2. The molecule has 0 aliphatic heterocycles. The van der Waals surface area contributed by atoms with E-state index in [1.807, 2.05) is 67.6 Å². The quantitative estimate of drug-likeness (QED) is 0.188. The Kier molecular flexibility index (Phi) is 9.33. The van der Waals surface area contributed by atoms with Crippen molar-refractivity contribution in [3.05, 3.63) is 94.6 Å². The maximum absolute atomic E-state index is 11.8. The van der Waals surface area contributed by atoms with Gasteiger partial charge in [0.1, 0.15) is 18.1 Å². The summed E-state index contributed by atoms with van der Waals surface area (Å²) in [6.07, 6.45) is 6.37. The van der Waals surface area contributed by atoms with Crippen LogP contribution in [0, 0.1) is 0 Å². The predicted molar refractivity (Wildman–Crippen MR) is 168 cm³/mol. The van der Waals surface area contributed by atoms with Gasteiger partial charge >= 0.3 is 5.97 Å². The van der Waals surface area contributed by atoms with Crippen LogP contribution >= 0.6 is 11.6 Å². The number of hydrogen-bond acceptors (Lipinski definition) is 4. The number of benzene rings is 3. The Morgan fingerprint density at radius 2 is 1.62 bits per heavy atom. The number of ether oxygens (including phenoxy) is 2. The first kappa shape index (κ1) is 29.5. The summed E-state index contributed by atoms with van der Waals surface area (Å²) in [5.41, 5.74) is 7.01. The molecule has 4 aromatic rings. The molecule has 0 radical (unpaired) electrons. The maximum atomic E-state index is 11.8. The average Bonchev–Trinajstić information content (AvgIpc) is 3.46. The number of carbonyl (C=O) groups is 1. The minimum atomic E-state index is -0.905. The molecule has 218 valence electrons. The smallest absolute Gasteiger partial charge is 0.331 e. The van der Waals surface area contributed by atoms with Crippen LogP contribution in [0.1, 0.15) is 69.7 Å². The van der Waals surface area contributed by atoms with E-state index < -0.39 is 5.97 Å². The molecule has 1 aliphatic rings. The molecule has 1 N–H and O–H groups in total. The van der Waals surface area contributed by atoms with Crippen molar-refractivity contribution in [3.8, 4) is 33.9 Å². The summed E-state index contributed by atoms with van der Waals surface area (Å²) in [6.45, 7) is 4.01. The van der Waals surface area contributed by atoms with Crippen LogP contribution in [-0.4, -0.2) is 28.0 Å². The molecule has 0 spiro atoms. The van der Waals surface area contributed by atoms with Crippen molar-refractivity contribution >= 4 is 23.1 Å². The second-order valence-electron chi connectivity index (χ2n) is 10.8. The SMILES string of the molecule is CCC(=C(C)C(=O)O)c1cc(-c2ccc(OCc3cc(OC)ccc3-c3ccc(Cl)cc3)cc2)n(C2CCCCC2)n1. The zero-order valence-electron chi connectivity index (χ0n) is 24.4. The molecule has 1 aliphatic carbocycles. The Hall–Kier alpha value is -4.03. The van der Waals surface area contributed by atoms with Crippen LogP contribution in [0.5, 0.6) is 11.5 Å². The van der Waals surface area contributed by atoms with E-state index in [2.05, 4.69) is 16.8 Å². The maximum Gasteiger partial charge on any atom is 0.331 e. The fraction of sp³-hybridized carbons (Fsp3) is 0.314. The molecule has 0 amide bonds. The first-order valence-corrected chi connectivity index (χ1v) is 14.9. The molecular formula is C35H37ClN2O4. The summed E-state index contributed by atoms with van der Waals surface area (Å²) in [4.78, 5) is 11.8. The normalized spacial score (nSPS) is 14.4. The molecule has 42 heavy (non-hydrogen) atoms. The number of carboxylic acids is 1. The highest BCUT2D eigenvalue weighted by atomic mass is 35.5. The zero-order chi connectivity index (χ0) is 29.6. The van der Waals surface area contributed by atoms with Crippen molar-refractivity contribution < 1.29 is 19.4 Å². The highest BCUT2D eigenvalue weighted by Gasteiger charge is 2.23. The van der Waals surface area contributed by atoms with Gasteiger partial charge in [-0.25, -0.2) is 4.79 Å². The van der Waals surface area contributed by atoms with Crippen molar-refractivity contribution in [1.29, 1.82) is 0 Å². The Balaban J connectivity index is 1.42. The van der Waals surface area contributed by atoms with Crippen LogP contribution in [0.2, 0.25) is 5.02 Å². The van der Waals surface area contributed by atoms with E-state index in [-0.39, 0.29) is 0 Å². The van der Waals surface area contributed by atoms with Gasteiger partial charge < -0.3 is 14.6 Å². The van der Waals surface area contributed by atoms with Gasteiger partial charge in [0.25, 0.3) is 0 Å². The van der Waals surface area contributed by atoms with Crippen LogP contribution in [0.15, 0.2) is 78.4 Å². The molecule has 7 heteroatoms. The van der Waals surface area contributed by atoms with Gasteiger partial charge in [0.15, 0.2) is 0 Å². The van der Waals surface area contributed by atoms with Gasteiger partial charge in [-0.3, -0.25) is 4.68 Å². The lowest BCUT2D eigenvalue weighted by atomic mass is 9.95. The van der Waals surface area contributed by atoms with Gasteiger partial charge in [-0.05, 0) is 97.5 Å². The van der Waals surface area contributed by atoms with E-state index in [4.69, 9.17) is 26.2 Å². The summed E-state index contributed by atoms with van der Waals surface area (Å²) in [5, 5.41) is 15.3. The predicted octanol–water partition coefficient (Wildman–Crippen LogP) is 9.23. The first-order valence-electron chi connectivity index (χ1n) is 14.6. The van der Waals surface area contributed by atoms with E-state index in [1.54, 1.807) is 14.0 Å². The third kappa shape index (κ3) is 6.55. The summed E-state index contributed by atoms with van der Waals surface area (Å²) in [5.74, 6) is 0.618. The fourth-order valence-electron chi connectivity index (χ4n) is 5.74. The van der Waals surface area contributed by atoms with Crippen molar-refractivity contribution in [1.82, 2.24) is 9.78 Å². The largest absolute Gasteiger partial charge is 0.497 e. The summed E-state index contributed by atoms with van der Waals surface area (Å²) in [6, 6.07) is 24.2. The lowest BCUT2D eigenvalue weighted by Crippen LogP contribution is -2.15. The highest BCUT2D eigenvalue weighted by molar-refractivity contribution is 6.30. The molecular weight excluding hydrogens is 548 g/mol. The topological polar surface area (TPSA) is 73.6 Å². The molecule has 0 saturated heterocycles. The number of aromatic nitrogens is 2. The molecule has 3 aromatic carbocycles. The molecule has 0 unspecified atom stereocenters. The van der Waals surface area contributed by atoms with Crippen molar-refractivity contribution in [3.63, 3.8) is 0 Å². The van der Waals surface area contributed by atoms with Crippen LogP contribution in [0.4, 0.5) is 0 Å². The van der Waals surface area contributed by atoms with Crippen LogP contribution in [0.3, 0.4) is 0 Å². The van der Waals surface area contributed by atoms with E-state index in [0.717, 1.165) is 63.6 Å². The molecule has 0 atom stereocenters. The molecule has 1 heterocycles. The van der Waals surface area contributed by atoms with E-state index in [0.29, 0.717) is 29.7 Å². The van der Waals surface area contributed by atoms with Crippen molar-refractivity contribution in [2.75, 3.05) is 7.11 Å². The number of allylic oxidation sites excluding steroid dienone is 1. The van der Waals surface area contributed by atoms with Crippen molar-refractivity contribution in [2.45, 2.75) is 65.0 Å². The third-order valence-electron chi connectivity index (χ3n) is 8.10. The minimum Gasteiger partial charge on any atom is -0.497 e. The van der Waals surface area contributed by atoms with Crippen molar-refractivity contribution in [2.24, 2.45) is 0 Å².